The van der Waals surface area contributed by atoms with Crippen LogP contribution in [-0.4, -0.2) is 35.6 Å². The zero-order chi connectivity index (χ0) is 12.1. The average Bonchev–Trinajstić information content (AvgIpc) is 2.65. The molecule has 1 aliphatic heterocycles. The molecule has 1 aromatic heterocycles. The molecule has 3 heteroatoms. The van der Waals surface area contributed by atoms with Crippen LogP contribution in [0.15, 0.2) is 24.4 Å². The summed E-state index contributed by atoms with van der Waals surface area (Å²) in [5.74, 6) is 0.862. The smallest absolute Gasteiger partial charge is 0.0541 e. The van der Waals surface area contributed by atoms with E-state index in [4.69, 9.17) is 0 Å². The fraction of sp³-hybridized carbons (Fsp3) is 0.643. The van der Waals surface area contributed by atoms with E-state index >= 15 is 0 Å². The summed E-state index contributed by atoms with van der Waals surface area (Å²) in [5.41, 5.74) is 1.12. The molecule has 0 bridgehead atoms. The number of pyridine rings is 1. The van der Waals surface area contributed by atoms with Gasteiger partial charge in [-0.05, 0) is 31.4 Å². The van der Waals surface area contributed by atoms with Crippen LogP contribution >= 0.6 is 0 Å². The Morgan fingerprint density at radius 1 is 1.41 bits per heavy atom. The highest BCUT2D eigenvalue weighted by Gasteiger charge is 2.24. The van der Waals surface area contributed by atoms with Crippen molar-refractivity contribution in [1.82, 2.24) is 15.2 Å². The Kier molecular flexibility index (Phi) is 4.51. The molecular weight excluding hydrogens is 210 g/mol. The van der Waals surface area contributed by atoms with Crippen molar-refractivity contribution in [1.29, 1.82) is 0 Å². The van der Waals surface area contributed by atoms with E-state index in [2.05, 4.69) is 35.1 Å². The lowest BCUT2D eigenvalue weighted by Gasteiger charge is -2.20. The number of nitrogens with zero attached hydrogens (tertiary/aromatic N) is 2. The molecule has 2 atom stereocenters. The van der Waals surface area contributed by atoms with Gasteiger partial charge in [0.2, 0.25) is 0 Å². The molecule has 0 spiro atoms. The van der Waals surface area contributed by atoms with Crippen LogP contribution in [0.1, 0.15) is 26.0 Å². The van der Waals surface area contributed by atoms with Gasteiger partial charge in [-0.2, -0.15) is 0 Å². The molecule has 0 aliphatic carbocycles. The Morgan fingerprint density at radius 2 is 2.29 bits per heavy atom. The lowest BCUT2D eigenvalue weighted by Crippen LogP contribution is -2.34. The highest BCUT2D eigenvalue weighted by atomic mass is 15.2. The largest absolute Gasteiger partial charge is 0.310 e. The van der Waals surface area contributed by atoms with Crippen molar-refractivity contribution in [2.75, 3.05) is 19.6 Å². The third kappa shape index (κ3) is 3.79. The maximum absolute atomic E-state index is 4.30. The van der Waals surface area contributed by atoms with E-state index in [0.29, 0.717) is 0 Å². The Bertz CT molecular complexity index is 325. The highest BCUT2D eigenvalue weighted by molar-refractivity contribution is 5.02. The van der Waals surface area contributed by atoms with E-state index in [-0.39, 0.29) is 0 Å². The first-order valence-electron chi connectivity index (χ1n) is 6.60. The van der Waals surface area contributed by atoms with Gasteiger partial charge in [0, 0.05) is 38.4 Å². The van der Waals surface area contributed by atoms with Gasteiger partial charge in [0.25, 0.3) is 0 Å². The van der Waals surface area contributed by atoms with Gasteiger partial charge in [-0.1, -0.05) is 13.0 Å². The van der Waals surface area contributed by atoms with Crippen LogP contribution in [0.4, 0.5) is 0 Å². The zero-order valence-electron chi connectivity index (χ0n) is 10.9. The van der Waals surface area contributed by atoms with Crippen LogP contribution in [0, 0.1) is 5.92 Å². The second-order valence-corrected chi connectivity index (χ2v) is 5.18. The lowest BCUT2D eigenvalue weighted by atomic mass is 10.1. The fourth-order valence-corrected chi connectivity index (χ4v) is 2.64. The Morgan fingerprint density at radius 3 is 2.94 bits per heavy atom. The quantitative estimate of drug-likeness (QED) is 0.787. The fourth-order valence-electron chi connectivity index (χ4n) is 2.64. The second-order valence-electron chi connectivity index (χ2n) is 5.18. The van der Waals surface area contributed by atoms with E-state index in [1.165, 1.54) is 13.0 Å². The minimum Gasteiger partial charge on any atom is -0.310 e. The second kappa shape index (κ2) is 6.12. The molecule has 0 amide bonds. The van der Waals surface area contributed by atoms with Crippen LogP contribution in [0.5, 0.6) is 0 Å². The van der Waals surface area contributed by atoms with Gasteiger partial charge < -0.3 is 5.32 Å². The monoisotopic (exact) mass is 233 g/mol. The third-order valence-corrected chi connectivity index (χ3v) is 3.52. The van der Waals surface area contributed by atoms with Crippen LogP contribution in [-0.2, 0) is 6.54 Å². The van der Waals surface area contributed by atoms with Crippen LogP contribution in [0.2, 0.25) is 0 Å². The molecule has 0 radical (unpaired) electrons. The molecule has 0 aromatic carbocycles. The normalized spacial score (nSPS) is 25.3. The molecule has 1 aromatic rings. The predicted molar refractivity (Wildman–Crippen MR) is 70.8 cm³/mol. The Balaban J connectivity index is 1.64. The zero-order valence-corrected chi connectivity index (χ0v) is 10.9. The molecule has 94 valence electrons. The molecule has 1 saturated heterocycles. The van der Waals surface area contributed by atoms with Crippen molar-refractivity contribution in [3.63, 3.8) is 0 Å². The predicted octanol–water partition coefficient (Wildman–Crippen LogP) is 1.90. The molecule has 1 N–H and O–H groups in total. The van der Waals surface area contributed by atoms with Crippen LogP contribution in [0.3, 0.4) is 0 Å². The summed E-state index contributed by atoms with van der Waals surface area (Å²) in [5, 5.41) is 3.46. The maximum Gasteiger partial charge on any atom is 0.0541 e. The van der Waals surface area contributed by atoms with Crippen molar-refractivity contribution in [3.05, 3.63) is 30.1 Å². The summed E-state index contributed by atoms with van der Waals surface area (Å²) in [6.07, 6.45) is 3.20. The highest BCUT2D eigenvalue weighted by Crippen LogP contribution is 2.21. The van der Waals surface area contributed by atoms with E-state index in [0.717, 1.165) is 37.3 Å². The van der Waals surface area contributed by atoms with Gasteiger partial charge in [0.15, 0.2) is 0 Å². The number of hydrogen-bond acceptors (Lipinski definition) is 3. The van der Waals surface area contributed by atoms with Crippen molar-refractivity contribution < 1.29 is 0 Å². The number of aromatic nitrogens is 1. The summed E-state index contributed by atoms with van der Waals surface area (Å²) in [4.78, 5) is 6.88. The molecule has 0 saturated carbocycles. The SMILES string of the molecule is CC1CC(C)N(CCNCc2ccccn2)C1. The number of hydrogen-bond donors (Lipinski definition) is 1. The summed E-state index contributed by atoms with van der Waals surface area (Å²) < 4.78 is 0. The first kappa shape index (κ1) is 12.5. The average molecular weight is 233 g/mol. The van der Waals surface area contributed by atoms with Gasteiger partial charge in [0.05, 0.1) is 5.69 Å². The molecular formula is C14H23N3. The number of rotatable bonds is 5. The minimum absolute atomic E-state index is 0.752. The third-order valence-electron chi connectivity index (χ3n) is 3.52. The lowest BCUT2D eigenvalue weighted by molar-refractivity contribution is 0.264. The van der Waals surface area contributed by atoms with Crippen molar-refractivity contribution in [2.45, 2.75) is 32.9 Å². The maximum atomic E-state index is 4.30. The van der Waals surface area contributed by atoms with Crippen molar-refractivity contribution in [2.24, 2.45) is 5.92 Å². The van der Waals surface area contributed by atoms with Gasteiger partial charge in [-0.3, -0.25) is 9.88 Å². The summed E-state index contributed by atoms with van der Waals surface area (Å²) >= 11 is 0. The Labute approximate surface area is 104 Å². The Hall–Kier alpha value is -0.930. The van der Waals surface area contributed by atoms with Gasteiger partial charge in [-0.25, -0.2) is 0 Å². The molecule has 1 aliphatic rings. The molecule has 2 heterocycles. The van der Waals surface area contributed by atoms with E-state index in [1.807, 2.05) is 18.3 Å². The first-order valence-corrected chi connectivity index (χ1v) is 6.60. The minimum atomic E-state index is 0.752. The van der Waals surface area contributed by atoms with Gasteiger partial charge in [0.1, 0.15) is 0 Å². The van der Waals surface area contributed by atoms with Crippen LogP contribution < -0.4 is 5.32 Å². The van der Waals surface area contributed by atoms with E-state index in [9.17, 15) is 0 Å². The van der Waals surface area contributed by atoms with Gasteiger partial charge in [-0.15, -0.1) is 0 Å². The molecule has 3 nitrogen and oxygen atoms in total. The van der Waals surface area contributed by atoms with E-state index in [1.54, 1.807) is 0 Å². The molecule has 17 heavy (non-hydrogen) atoms. The number of nitrogens with one attached hydrogen (secondary N) is 1. The van der Waals surface area contributed by atoms with E-state index < -0.39 is 0 Å². The van der Waals surface area contributed by atoms with Crippen molar-refractivity contribution in [3.8, 4) is 0 Å². The molecule has 2 rings (SSSR count). The van der Waals surface area contributed by atoms with Crippen molar-refractivity contribution >= 4 is 0 Å². The summed E-state index contributed by atoms with van der Waals surface area (Å²) in [6.45, 7) is 9.01. The molecule has 2 unspecified atom stereocenters. The van der Waals surface area contributed by atoms with Gasteiger partial charge >= 0.3 is 0 Å². The molecule has 1 fully saturated rings. The van der Waals surface area contributed by atoms with Crippen LogP contribution in [0.25, 0.3) is 0 Å². The number of likely N-dealkylation sites (tertiary alicyclic amines) is 1. The standard InChI is InChI=1S/C14H23N3/c1-12-9-13(2)17(11-12)8-7-15-10-14-5-3-4-6-16-14/h3-6,12-13,15H,7-11H2,1-2H3. The topological polar surface area (TPSA) is 28.2 Å². The summed E-state index contributed by atoms with van der Waals surface area (Å²) in [7, 11) is 0. The summed E-state index contributed by atoms with van der Waals surface area (Å²) in [6, 6.07) is 6.81. The first-order chi connectivity index (χ1) is 8.25.